The molecule has 1 saturated carbocycles. The van der Waals surface area contributed by atoms with Crippen molar-refractivity contribution in [1.82, 2.24) is 14.9 Å². The Hall–Kier alpha value is -2.58. The lowest BCUT2D eigenvalue weighted by Gasteiger charge is -2.09. The molecule has 1 aromatic heterocycles. The van der Waals surface area contributed by atoms with Gasteiger partial charge in [-0.05, 0) is 55.3 Å². The second-order valence-electron chi connectivity index (χ2n) is 6.72. The van der Waals surface area contributed by atoms with Crippen molar-refractivity contribution in [2.24, 2.45) is 0 Å². The minimum absolute atomic E-state index is 0.102. The molecule has 0 spiro atoms. The second kappa shape index (κ2) is 8.84. The Balaban J connectivity index is 1.36. The van der Waals surface area contributed by atoms with Crippen LogP contribution in [-0.2, 0) is 4.79 Å². The molecule has 2 N–H and O–H groups in total. The molecule has 1 aliphatic rings. The van der Waals surface area contributed by atoms with Gasteiger partial charge in [0.25, 0.3) is 5.91 Å². The van der Waals surface area contributed by atoms with Crippen LogP contribution in [0.25, 0.3) is 5.69 Å². The van der Waals surface area contributed by atoms with E-state index in [2.05, 4.69) is 31.5 Å². The van der Waals surface area contributed by atoms with Gasteiger partial charge in [0.05, 0.1) is 5.75 Å². The minimum atomic E-state index is -0.153. The molecule has 0 radical (unpaired) electrons. The topological polar surface area (TPSA) is 76.0 Å². The largest absolute Gasteiger partial charge is 0.349 e. The molecule has 2 aromatic carbocycles. The van der Waals surface area contributed by atoms with Gasteiger partial charge in [0.1, 0.15) is 0 Å². The Morgan fingerprint density at radius 3 is 2.72 bits per heavy atom. The van der Waals surface area contributed by atoms with Crippen molar-refractivity contribution in [1.29, 1.82) is 0 Å². The predicted molar refractivity (Wildman–Crippen MR) is 118 cm³/mol. The van der Waals surface area contributed by atoms with E-state index in [0.29, 0.717) is 17.3 Å². The number of amides is 2. The standard InChI is InChI=1S/C21H19BrN4O2S/c22-15-4-8-18(9-5-15)26-11-10-23-21(26)29-13-19(27)24-17-3-1-2-14(12-17)20(28)25-16-6-7-16/h1-5,8-12,16H,6-7,13H2,(H,24,27)(H,25,28). The number of thioether (sulfide) groups is 1. The van der Waals surface area contributed by atoms with Crippen LogP contribution in [0.2, 0.25) is 0 Å². The van der Waals surface area contributed by atoms with Crippen LogP contribution in [0, 0.1) is 0 Å². The van der Waals surface area contributed by atoms with E-state index in [0.717, 1.165) is 28.2 Å². The second-order valence-corrected chi connectivity index (χ2v) is 8.58. The third-order valence-electron chi connectivity index (χ3n) is 4.37. The summed E-state index contributed by atoms with van der Waals surface area (Å²) in [5.74, 6) is -0.0407. The first-order valence-electron chi connectivity index (χ1n) is 9.21. The average molecular weight is 471 g/mol. The molecule has 1 aliphatic carbocycles. The molecule has 1 fully saturated rings. The predicted octanol–water partition coefficient (Wildman–Crippen LogP) is 4.26. The molecule has 0 saturated heterocycles. The van der Waals surface area contributed by atoms with Crippen molar-refractivity contribution >= 4 is 45.2 Å². The van der Waals surface area contributed by atoms with Crippen LogP contribution in [0.4, 0.5) is 5.69 Å². The van der Waals surface area contributed by atoms with Gasteiger partial charge in [-0.15, -0.1) is 0 Å². The number of benzene rings is 2. The van der Waals surface area contributed by atoms with Crippen LogP contribution in [0.1, 0.15) is 23.2 Å². The van der Waals surface area contributed by atoms with Crippen molar-refractivity contribution in [2.45, 2.75) is 24.0 Å². The summed E-state index contributed by atoms with van der Waals surface area (Å²) in [5.41, 5.74) is 2.13. The Morgan fingerprint density at radius 2 is 1.97 bits per heavy atom. The van der Waals surface area contributed by atoms with Gasteiger partial charge in [-0.2, -0.15) is 0 Å². The van der Waals surface area contributed by atoms with Crippen molar-refractivity contribution < 1.29 is 9.59 Å². The van der Waals surface area contributed by atoms with Gasteiger partial charge in [-0.1, -0.05) is 33.8 Å². The molecule has 2 amide bonds. The van der Waals surface area contributed by atoms with Gasteiger partial charge in [0.15, 0.2) is 5.16 Å². The van der Waals surface area contributed by atoms with E-state index < -0.39 is 0 Å². The highest BCUT2D eigenvalue weighted by Crippen LogP contribution is 2.23. The molecule has 0 bridgehead atoms. The molecule has 0 aliphatic heterocycles. The number of carbonyl (C=O) groups excluding carboxylic acids is 2. The van der Waals surface area contributed by atoms with E-state index in [-0.39, 0.29) is 17.6 Å². The fraction of sp³-hybridized carbons (Fsp3) is 0.190. The smallest absolute Gasteiger partial charge is 0.251 e. The fourth-order valence-electron chi connectivity index (χ4n) is 2.76. The molecular weight excluding hydrogens is 452 g/mol. The van der Waals surface area contributed by atoms with E-state index in [1.807, 2.05) is 35.0 Å². The molecule has 148 valence electrons. The van der Waals surface area contributed by atoms with Gasteiger partial charge < -0.3 is 10.6 Å². The summed E-state index contributed by atoms with van der Waals surface area (Å²) in [6, 6.07) is 15.2. The zero-order chi connectivity index (χ0) is 20.2. The Labute approximate surface area is 181 Å². The minimum Gasteiger partial charge on any atom is -0.349 e. The van der Waals surface area contributed by atoms with Crippen LogP contribution < -0.4 is 10.6 Å². The normalized spacial score (nSPS) is 13.1. The summed E-state index contributed by atoms with van der Waals surface area (Å²) in [6.45, 7) is 0. The lowest BCUT2D eigenvalue weighted by Crippen LogP contribution is -2.25. The summed E-state index contributed by atoms with van der Waals surface area (Å²) in [7, 11) is 0. The highest BCUT2D eigenvalue weighted by atomic mass is 79.9. The first-order chi connectivity index (χ1) is 14.1. The number of nitrogens with one attached hydrogen (secondary N) is 2. The summed E-state index contributed by atoms with van der Waals surface area (Å²) >= 11 is 4.79. The lowest BCUT2D eigenvalue weighted by atomic mass is 10.2. The van der Waals surface area contributed by atoms with E-state index in [1.54, 1.807) is 30.5 Å². The number of carbonyl (C=O) groups is 2. The number of anilines is 1. The molecule has 0 unspecified atom stereocenters. The number of rotatable bonds is 7. The first-order valence-corrected chi connectivity index (χ1v) is 11.0. The maximum Gasteiger partial charge on any atom is 0.251 e. The molecular formula is C21H19BrN4O2S. The third-order valence-corrected chi connectivity index (χ3v) is 5.86. The van der Waals surface area contributed by atoms with Crippen LogP contribution in [0.3, 0.4) is 0 Å². The maximum atomic E-state index is 12.4. The average Bonchev–Trinajstić information content (AvgIpc) is 3.41. The molecule has 1 heterocycles. The SMILES string of the molecule is O=C(CSc1nccn1-c1ccc(Br)cc1)Nc1cccc(C(=O)NC2CC2)c1. The van der Waals surface area contributed by atoms with Gasteiger partial charge in [0.2, 0.25) is 5.91 Å². The lowest BCUT2D eigenvalue weighted by molar-refractivity contribution is -0.113. The third kappa shape index (κ3) is 5.27. The van der Waals surface area contributed by atoms with Crippen molar-refractivity contribution in [3.05, 3.63) is 71.0 Å². The molecule has 6 nitrogen and oxygen atoms in total. The number of halogens is 1. The van der Waals surface area contributed by atoms with Gasteiger partial charge in [-0.25, -0.2) is 4.98 Å². The Bertz CT molecular complexity index is 1030. The highest BCUT2D eigenvalue weighted by molar-refractivity contribution is 9.10. The summed E-state index contributed by atoms with van der Waals surface area (Å²) < 4.78 is 2.94. The van der Waals surface area contributed by atoms with Gasteiger partial charge in [-0.3, -0.25) is 14.2 Å². The van der Waals surface area contributed by atoms with Crippen molar-refractivity contribution in [2.75, 3.05) is 11.1 Å². The molecule has 4 rings (SSSR count). The van der Waals surface area contributed by atoms with E-state index in [9.17, 15) is 9.59 Å². The summed E-state index contributed by atoms with van der Waals surface area (Å²) in [5, 5.41) is 6.54. The van der Waals surface area contributed by atoms with Gasteiger partial charge >= 0.3 is 0 Å². The van der Waals surface area contributed by atoms with Crippen LogP contribution >= 0.6 is 27.7 Å². The summed E-state index contributed by atoms with van der Waals surface area (Å²) in [6.07, 6.45) is 5.65. The molecule has 29 heavy (non-hydrogen) atoms. The van der Waals surface area contributed by atoms with E-state index in [4.69, 9.17) is 0 Å². The monoisotopic (exact) mass is 470 g/mol. The van der Waals surface area contributed by atoms with E-state index in [1.165, 1.54) is 11.8 Å². The molecule has 3 aromatic rings. The zero-order valence-electron chi connectivity index (χ0n) is 15.5. The van der Waals surface area contributed by atoms with Crippen LogP contribution in [-0.4, -0.2) is 33.2 Å². The quantitative estimate of drug-likeness (QED) is 0.505. The van der Waals surface area contributed by atoms with Crippen LogP contribution in [0.15, 0.2) is 70.6 Å². The first kappa shape index (κ1) is 19.7. The van der Waals surface area contributed by atoms with Crippen molar-refractivity contribution in [3.8, 4) is 5.69 Å². The Kier molecular flexibility index (Phi) is 6.01. The number of aromatic nitrogens is 2. The maximum absolute atomic E-state index is 12.4. The number of nitrogens with zero attached hydrogens (tertiary/aromatic N) is 2. The van der Waals surface area contributed by atoms with E-state index >= 15 is 0 Å². The molecule has 0 atom stereocenters. The summed E-state index contributed by atoms with van der Waals surface area (Å²) in [4.78, 5) is 28.9. The highest BCUT2D eigenvalue weighted by Gasteiger charge is 2.23. The Morgan fingerprint density at radius 1 is 1.17 bits per heavy atom. The fourth-order valence-corrected chi connectivity index (χ4v) is 3.79. The zero-order valence-corrected chi connectivity index (χ0v) is 17.9. The molecule has 8 heteroatoms. The van der Waals surface area contributed by atoms with Gasteiger partial charge in [0, 0.05) is 39.8 Å². The van der Waals surface area contributed by atoms with Crippen LogP contribution in [0.5, 0.6) is 0 Å². The number of hydrogen-bond acceptors (Lipinski definition) is 4. The van der Waals surface area contributed by atoms with Crippen molar-refractivity contribution in [3.63, 3.8) is 0 Å². The number of imidazole rings is 1. The number of hydrogen-bond donors (Lipinski definition) is 2.